The Morgan fingerprint density at radius 1 is 0.912 bits per heavy atom. The van der Waals surface area contributed by atoms with Gasteiger partial charge in [-0.15, -0.1) is 0 Å². The average molecular weight is 451 g/mol. The highest BCUT2D eigenvalue weighted by molar-refractivity contribution is 6.44. The third-order valence-corrected chi connectivity index (χ3v) is 6.77. The average Bonchev–Trinajstić information content (AvgIpc) is 3.41. The number of ketones is 2. The number of Topliss-reactive ketones (excluding diaryl/α,β-unsaturated/α-hetero) is 2. The fraction of sp³-hybridized carbons (Fsp3) is 0.207. The van der Waals surface area contributed by atoms with Gasteiger partial charge in [0.2, 0.25) is 5.78 Å². The summed E-state index contributed by atoms with van der Waals surface area (Å²) in [7, 11) is 0. The van der Waals surface area contributed by atoms with Crippen molar-refractivity contribution in [1.82, 2.24) is 9.88 Å². The minimum Gasteiger partial charge on any atom is -0.361 e. The Kier molecular flexibility index (Phi) is 5.84. The molecule has 0 radical (unpaired) electrons. The van der Waals surface area contributed by atoms with Crippen LogP contribution in [0.3, 0.4) is 0 Å². The molecule has 5 nitrogen and oxygen atoms in total. The molecule has 0 spiro atoms. The van der Waals surface area contributed by atoms with E-state index in [9.17, 15) is 14.4 Å². The number of nitrogens with one attached hydrogen (secondary N) is 1. The lowest BCUT2D eigenvalue weighted by molar-refractivity contribution is -0.140. The predicted octanol–water partition coefficient (Wildman–Crippen LogP) is 4.92. The van der Waals surface area contributed by atoms with E-state index in [1.807, 2.05) is 60.8 Å². The monoisotopic (exact) mass is 450 g/mol. The van der Waals surface area contributed by atoms with Crippen LogP contribution < -0.4 is 0 Å². The molecular formula is C29H26N2O3. The van der Waals surface area contributed by atoms with E-state index in [1.165, 1.54) is 0 Å². The quantitative estimate of drug-likeness (QED) is 0.247. The SMILES string of the molecule is CCc1ccc(C2C(C(=O)c3ccccc3)C(=O)C(=O)N2CCc2c[nH]c3ccccc23)cc1. The molecule has 2 unspecified atom stereocenters. The maximum atomic E-state index is 13.5. The highest BCUT2D eigenvalue weighted by atomic mass is 16.2. The first-order valence-electron chi connectivity index (χ1n) is 11.7. The topological polar surface area (TPSA) is 70.2 Å². The molecule has 34 heavy (non-hydrogen) atoms. The predicted molar refractivity (Wildman–Crippen MR) is 132 cm³/mol. The number of likely N-dealkylation sites (tertiary alicyclic amines) is 1. The van der Waals surface area contributed by atoms with E-state index in [0.717, 1.165) is 34.0 Å². The van der Waals surface area contributed by atoms with Crippen molar-refractivity contribution in [3.05, 3.63) is 107 Å². The van der Waals surface area contributed by atoms with Crippen molar-refractivity contribution < 1.29 is 14.4 Å². The summed E-state index contributed by atoms with van der Waals surface area (Å²) in [5.74, 6) is -2.57. The van der Waals surface area contributed by atoms with Crippen molar-refractivity contribution in [2.24, 2.45) is 5.92 Å². The van der Waals surface area contributed by atoms with Crippen molar-refractivity contribution in [2.75, 3.05) is 6.54 Å². The molecular weight excluding hydrogens is 424 g/mol. The van der Waals surface area contributed by atoms with E-state index in [2.05, 4.69) is 11.9 Å². The number of fused-ring (bicyclic) bond motifs is 1. The first-order chi connectivity index (χ1) is 16.6. The number of para-hydroxylation sites is 1. The van der Waals surface area contributed by atoms with Crippen LogP contribution in [-0.4, -0.2) is 33.9 Å². The van der Waals surface area contributed by atoms with Gasteiger partial charge < -0.3 is 9.88 Å². The lowest BCUT2D eigenvalue weighted by Crippen LogP contribution is -2.32. The molecule has 1 fully saturated rings. The van der Waals surface area contributed by atoms with Crippen LogP contribution in [0.5, 0.6) is 0 Å². The van der Waals surface area contributed by atoms with Crippen molar-refractivity contribution in [1.29, 1.82) is 0 Å². The zero-order chi connectivity index (χ0) is 23.7. The first-order valence-corrected chi connectivity index (χ1v) is 11.7. The summed E-state index contributed by atoms with van der Waals surface area (Å²) in [5.41, 5.74) is 4.53. The van der Waals surface area contributed by atoms with Crippen LogP contribution in [0.2, 0.25) is 0 Å². The van der Waals surface area contributed by atoms with Crippen molar-refractivity contribution in [3.8, 4) is 0 Å². The van der Waals surface area contributed by atoms with Gasteiger partial charge >= 0.3 is 0 Å². The molecule has 1 aliphatic rings. The van der Waals surface area contributed by atoms with Gasteiger partial charge in [-0.05, 0) is 35.6 Å². The maximum absolute atomic E-state index is 13.5. The van der Waals surface area contributed by atoms with Gasteiger partial charge in [-0.1, -0.05) is 79.7 Å². The van der Waals surface area contributed by atoms with E-state index in [4.69, 9.17) is 0 Å². The molecule has 0 bridgehead atoms. The van der Waals surface area contributed by atoms with Crippen LogP contribution in [0.15, 0.2) is 85.1 Å². The maximum Gasteiger partial charge on any atom is 0.291 e. The number of benzene rings is 3. The highest BCUT2D eigenvalue weighted by Crippen LogP contribution is 2.38. The standard InChI is InChI=1S/C29H26N2O3/c1-2-19-12-14-20(15-13-19)26-25(27(32)21-8-4-3-5-9-21)28(33)29(34)31(26)17-16-22-18-30-24-11-7-6-10-23(22)24/h3-15,18,25-26,30H,2,16-17H2,1H3. The second-order valence-electron chi connectivity index (χ2n) is 8.72. The van der Waals surface area contributed by atoms with Crippen LogP contribution in [0.1, 0.15) is 40.0 Å². The zero-order valence-corrected chi connectivity index (χ0v) is 19.0. The zero-order valence-electron chi connectivity index (χ0n) is 19.0. The van der Waals surface area contributed by atoms with Crippen molar-refractivity contribution in [3.63, 3.8) is 0 Å². The van der Waals surface area contributed by atoms with Gasteiger partial charge in [0, 0.05) is 29.2 Å². The fourth-order valence-corrected chi connectivity index (χ4v) is 4.91. The number of aromatic amines is 1. The van der Waals surface area contributed by atoms with Crippen molar-refractivity contribution in [2.45, 2.75) is 25.8 Å². The molecule has 5 heteroatoms. The number of hydrogen-bond acceptors (Lipinski definition) is 3. The second kappa shape index (κ2) is 9.10. The molecule has 2 heterocycles. The molecule has 1 aromatic heterocycles. The summed E-state index contributed by atoms with van der Waals surface area (Å²) < 4.78 is 0. The van der Waals surface area contributed by atoms with Crippen LogP contribution >= 0.6 is 0 Å². The summed E-state index contributed by atoms with van der Waals surface area (Å²) in [4.78, 5) is 44.7. The van der Waals surface area contributed by atoms with E-state index >= 15 is 0 Å². The number of amides is 1. The molecule has 170 valence electrons. The Bertz CT molecular complexity index is 1360. The number of H-pyrrole nitrogens is 1. The van der Waals surface area contributed by atoms with Crippen molar-refractivity contribution >= 4 is 28.4 Å². The van der Waals surface area contributed by atoms with Crippen LogP contribution in [-0.2, 0) is 22.4 Å². The van der Waals surface area contributed by atoms with E-state index in [0.29, 0.717) is 18.5 Å². The summed E-state index contributed by atoms with van der Waals surface area (Å²) >= 11 is 0. The molecule has 4 aromatic rings. The van der Waals surface area contributed by atoms with E-state index < -0.39 is 23.7 Å². The molecule has 0 aliphatic carbocycles. The third kappa shape index (κ3) is 3.83. The smallest absolute Gasteiger partial charge is 0.291 e. The molecule has 1 N–H and O–H groups in total. The normalized spacial score (nSPS) is 18.1. The second-order valence-corrected chi connectivity index (χ2v) is 8.72. The minimum absolute atomic E-state index is 0.307. The number of carbonyl (C=O) groups excluding carboxylic acids is 3. The number of carbonyl (C=O) groups is 3. The van der Waals surface area contributed by atoms with Gasteiger partial charge in [0.05, 0.1) is 6.04 Å². The molecule has 3 aromatic carbocycles. The van der Waals surface area contributed by atoms with Gasteiger partial charge in [-0.3, -0.25) is 14.4 Å². The molecule has 5 rings (SSSR count). The van der Waals surface area contributed by atoms with Gasteiger partial charge in [-0.25, -0.2) is 0 Å². The summed E-state index contributed by atoms with van der Waals surface area (Å²) in [6.45, 7) is 2.43. The Morgan fingerprint density at radius 2 is 1.62 bits per heavy atom. The Balaban J connectivity index is 1.51. The summed E-state index contributed by atoms with van der Waals surface area (Å²) in [6, 6.07) is 24.1. The minimum atomic E-state index is -1.05. The first kappa shape index (κ1) is 21.8. The van der Waals surface area contributed by atoms with Gasteiger partial charge in [-0.2, -0.15) is 0 Å². The van der Waals surface area contributed by atoms with Gasteiger partial charge in [0.25, 0.3) is 5.91 Å². The molecule has 1 amide bonds. The van der Waals surface area contributed by atoms with E-state index in [1.54, 1.807) is 29.2 Å². The lowest BCUT2D eigenvalue weighted by Gasteiger charge is -2.27. The number of hydrogen-bond donors (Lipinski definition) is 1. The summed E-state index contributed by atoms with van der Waals surface area (Å²) in [5, 5.41) is 1.10. The largest absolute Gasteiger partial charge is 0.361 e. The van der Waals surface area contributed by atoms with Gasteiger partial charge in [0.1, 0.15) is 5.92 Å². The lowest BCUT2D eigenvalue weighted by atomic mass is 9.86. The molecule has 2 atom stereocenters. The van der Waals surface area contributed by atoms with Crippen LogP contribution in [0.25, 0.3) is 10.9 Å². The van der Waals surface area contributed by atoms with Crippen LogP contribution in [0.4, 0.5) is 0 Å². The number of aryl methyl sites for hydroxylation is 1. The Morgan fingerprint density at radius 3 is 2.35 bits per heavy atom. The Hall–Kier alpha value is -3.99. The summed E-state index contributed by atoms with van der Waals surface area (Å²) in [6.07, 6.45) is 3.42. The highest BCUT2D eigenvalue weighted by Gasteiger charge is 2.51. The number of nitrogens with zero attached hydrogens (tertiary/aromatic N) is 1. The third-order valence-electron chi connectivity index (χ3n) is 6.77. The Labute approximate surface area is 198 Å². The van der Waals surface area contributed by atoms with E-state index in [-0.39, 0.29) is 5.78 Å². The molecule has 0 saturated carbocycles. The number of aromatic nitrogens is 1. The van der Waals surface area contributed by atoms with Gasteiger partial charge in [0.15, 0.2) is 5.78 Å². The fourth-order valence-electron chi connectivity index (χ4n) is 4.91. The number of rotatable bonds is 7. The molecule has 1 aliphatic heterocycles. The molecule has 1 saturated heterocycles. The van der Waals surface area contributed by atoms with Crippen LogP contribution in [0, 0.1) is 5.92 Å².